The fourth-order valence-corrected chi connectivity index (χ4v) is 5.56. The Morgan fingerprint density at radius 2 is 1.58 bits per heavy atom. The molecule has 1 N–H and O–H groups in total. The topological polar surface area (TPSA) is 96.0 Å². The molecule has 1 aliphatic rings. The predicted molar refractivity (Wildman–Crippen MR) is 137 cm³/mol. The van der Waals surface area contributed by atoms with Crippen LogP contribution >= 0.6 is 0 Å². The van der Waals surface area contributed by atoms with Crippen LogP contribution in [-0.2, 0) is 21.3 Å². The van der Waals surface area contributed by atoms with E-state index in [1.807, 2.05) is 18.2 Å². The number of benzene rings is 3. The molecule has 4 rings (SSSR count). The average Bonchev–Trinajstić information content (AvgIpc) is 2.90. The molecule has 1 heterocycles. The average molecular weight is 508 g/mol. The van der Waals surface area contributed by atoms with Gasteiger partial charge in [-0.15, -0.1) is 0 Å². The number of carbonyl (C=O) groups is 2. The Kier molecular flexibility index (Phi) is 8.14. The van der Waals surface area contributed by atoms with Crippen LogP contribution in [0, 0.1) is 0 Å². The fourth-order valence-electron chi connectivity index (χ4n) is 4.11. The van der Waals surface area contributed by atoms with Crippen molar-refractivity contribution in [1.29, 1.82) is 0 Å². The number of piperazine rings is 1. The number of nitrogens with zero attached hydrogens (tertiary/aromatic N) is 2. The number of hydrogen-bond acceptors (Lipinski definition) is 6. The predicted octanol–water partition coefficient (Wildman–Crippen LogP) is 3.62. The van der Waals surface area contributed by atoms with Gasteiger partial charge >= 0.3 is 5.97 Å². The molecule has 1 amide bonds. The summed E-state index contributed by atoms with van der Waals surface area (Å²) >= 11 is 0. The van der Waals surface area contributed by atoms with Crippen LogP contribution in [0.5, 0.6) is 0 Å². The lowest BCUT2D eigenvalue weighted by Crippen LogP contribution is -2.48. The molecule has 9 heteroatoms. The summed E-state index contributed by atoms with van der Waals surface area (Å²) in [6, 6.07) is 22.5. The molecule has 3 aromatic carbocycles. The second-order valence-electron chi connectivity index (χ2n) is 8.41. The number of nitrogens with one attached hydrogen (secondary N) is 1. The normalized spacial score (nSPS) is 14.8. The third-order valence-electron chi connectivity index (χ3n) is 5.98. The van der Waals surface area contributed by atoms with E-state index >= 15 is 0 Å². The molecule has 3 aromatic rings. The quantitative estimate of drug-likeness (QED) is 0.468. The maximum Gasteiger partial charge on any atom is 0.340 e. The Balaban J connectivity index is 1.38. The molecule has 0 aromatic heterocycles. The van der Waals surface area contributed by atoms with E-state index in [2.05, 4.69) is 10.2 Å². The summed E-state index contributed by atoms with van der Waals surface area (Å²) in [5.41, 5.74) is 2.10. The maximum absolute atomic E-state index is 12.9. The maximum atomic E-state index is 12.9. The summed E-state index contributed by atoms with van der Waals surface area (Å²) in [6.07, 6.45) is 0. The Labute approximate surface area is 211 Å². The molecule has 1 fully saturated rings. The minimum absolute atomic E-state index is 0.246. The zero-order valence-corrected chi connectivity index (χ0v) is 20.9. The molecule has 0 aliphatic carbocycles. The van der Waals surface area contributed by atoms with Crippen LogP contribution in [0.4, 0.5) is 5.69 Å². The highest BCUT2D eigenvalue weighted by Crippen LogP contribution is 2.20. The van der Waals surface area contributed by atoms with Gasteiger partial charge in [-0.1, -0.05) is 42.5 Å². The van der Waals surface area contributed by atoms with E-state index in [-0.39, 0.29) is 12.5 Å². The van der Waals surface area contributed by atoms with E-state index in [1.165, 1.54) is 4.31 Å². The van der Waals surface area contributed by atoms with Gasteiger partial charge in [-0.3, -0.25) is 9.69 Å². The van der Waals surface area contributed by atoms with E-state index in [0.717, 1.165) is 5.56 Å². The number of sulfonamides is 1. The number of para-hydroxylation sites is 1. The number of ether oxygens (including phenoxy) is 1. The highest BCUT2D eigenvalue weighted by Gasteiger charge is 2.28. The molecule has 0 saturated carbocycles. The standard InChI is InChI=1S/C27H29N3O5S/c1-2-35-27(32)24-13-6-7-14-25(24)28-26(31)22-10-8-9-21(19-22)20-29-15-17-30(18-16-29)36(33,34)23-11-4-3-5-12-23/h3-14,19H,2,15-18,20H2,1H3,(H,28,31). The second-order valence-corrected chi connectivity index (χ2v) is 10.4. The minimum Gasteiger partial charge on any atom is -0.462 e. The van der Waals surface area contributed by atoms with Crippen molar-refractivity contribution in [2.75, 3.05) is 38.1 Å². The molecule has 8 nitrogen and oxygen atoms in total. The lowest BCUT2D eigenvalue weighted by Gasteiger charge is -2.34. The van der Waals surface area contributed by atoms with Crippen LogP contribution < -0.4 is 5.32 Å². The van der Waals surface area contributed by atoms with Gasteiger partial charge in [0.25, 0.3) is 5.91 Å². The minimum atomic E-state index is -3.50. The molecule has 0 bridgehead atoms. The van der Waals surface area contributed by atoms with Gasteiger partial charge in [0, 0.05) is 38.3 Å². The van der Waals surface area contributed by atoms with Gasteiger partial charge in [0.2, 0.25) is 10.0 Å². The zero-order chi connectivity index (χ0) is 25.5. The van der Waals surface area contributed by atoms with Crippen LogP contribution in [-0.4, -0.2) is 62.3 Å². The Bertz CT molecular complexity index is 1320. The first-order chi connectivity index (χ1) is 17.4. The lowest BCUT2D eigenvalue weighted by atomic mass is 10.1. The molecule has 36 heavy (non-hydrogen) atoms. The van der Waals surface area contributed by atoms with Gasteiger partial charge in [0.1, 0.15) is 0 Å². The molecule has 1 saturated heterocycles. The molecular formula is C27H29N3O5S. The van der Waals surface area contributed by atoms with Gasteiger partial charge in [-0.25, -0.2) is 13.2 Å². The monoisotopic (exact) mass is 507 g/mol. The first-order valence-corrected chi connectivity index (χ1v) is 13.3. The van der Waals surface area contributed by atoms with Gasteiger partial charge in [-0.05, 0) is 48.9 Å². The summed E-state index contributed by atoms with van der Waals surface area (Å²) in [6.45, 7) is 4.57. The van der Waals surface area contributed by atoms with Crippen molar-refractivity contribution in [2.24, 2.45) is 0 Å². The van der Waals surface area contributed by atoms with Crippen LogP contribution in [0.15, 0.2) is 83.8 Å². The summed E-state index contributed by atoms with van der Waals surface area (Å²) in [5.74, 6) is -0.817. The number of esters is 1. The molecule has 0 spiro atoms. The van der Waals surface area contributed by atoms with Gasteiger partial charge < -0.3 is 10.1 Å². The fraction of sp³-hybridized carbons (Fsp3) is 0.259. The van der Waals surface area contributed by atoms with Crippen LogP contribution in [0.3, 0.4) is 0 Å². The van der Waals surface area contributed by atoms with Gasteiger partial charge in [0.15, 0.2) is 0 Å². The summed E-state index contributed by atoms with van der Waals surface area (Å²) in [7, 11) is -3.50. The van der Waals surface area contributed by atoms with Crippen molar-refractivity contribution in [1.82, 2.24) is 9.21 Å². The Morgan fingerprint density at radius 1 is 0.889 bits per heavy atom. The molecule has 188 valence electrons. The van der Waals surface area contributed by atoms with Gasteiger partial charge in [-0.2, -0.15) is 4.31 Å². The van der Waals surface area contributed by atoms with Crippen molar-refractivity contribution < 1.29 is 22.7 Å². The molecular weight excluding hydrogens is 478 g/mol. The van der Waals surface area contributed by atoms with Crippen molar-refractivity contribution in [3.63, 3.8) is 0 Å². The lowest BCUT2D eigenvalue weighted by molar-refractivity contribution is 0.0527. The summed E-state index contributed by atoms with van der Waals surface area (Å²) in [4.78, 5) is 27.6. The number of rotatable bonds is 8. The van der Waals surface area contributed by atoms with Crippen LogP contribution in [0.1, 0.15) is 33.2 Å². The highest BCUT2D eigenvalue weighted by atomic mass is 32.2. The number of amides is 1. The molecule has 0 atom stereocenters. The van der Waals surface area contributed by atoms with Crippen LogP contribution in [0.2, 0.25) is 0 Å². The van der Waals surface area contributed by atoms with E-state index in [4.69, 9.17) is 4.74 Å². The Morgan fingerprint density at radius 3 is 2.31 bits per heavy atom. The molecule has 0 unspecified atom stereocenters. The molecule has 1 aliphatic heterocycles. The molecule has 0 radical (unpaired) electrons. The van der Waals surface area contributed by atoms with Gasteiger partial charge in [0.05, 0.1) is 22.8 Å². The first kappa shape index (κ1) is 25.6. The zero-order valence-electron chi connectivity index (χ0n) is 20.1. The van der Waals surface area contributed by atoms with Crippen molar-refractivity contribution in [3.8, 4) is 0 Å². The smallest absolute Gasteiger partial charge is 0.340 e. The van der Waals surface area contributed by atoms with E-state index in [0.29, 0.717) is 54.4 Å². The van der Waals surface area contributed by atoms with Crippen molar-refractivity contribution >= 4 is 27.6 Å². The van der Waals surface area contributed by atoms with Crippen molar-refractivity contribution in [3.05, 3.63) is 95.6 Å². The third-order valence-corrected chi connectivity index (χ3v) is 7.89. The van der Waals surface area contributed by atoms with Crippen LogP contribution in [0.25, 0.3) is 0 Å². The number of anilines is 1. The number of carbonyl (C=O) groups excluding carboxylic acids is 2. The number of hydrogen-bond donors (Lipinski definition) is 1. The Hall–Kier alpha value is -3.53. The largest absolute Gasteiger partial charge is 0.462 e. The van der Waals surface area contributed by atoms with E-state index < -0.39 is 16.0 Å². The van der Waals surface area contributed by atoms with Crippen molar-refractivity contribution in [2.45, 2.75) is 18.4 Å². The highest BCUT2D eigenvalue weighted by molar-refractivity contribution is 7.89. The van der Waals surface area contributed by atoms with E-state index in [9.17, 15) is 18.0 Å². The van der Waals surface area contributed by atoms with E-state index in [1.54, 1.807) is 67.6 Å². The SMILES string of the molecule is CCOC(=O)c1ccccc1NC(=O)c1cccc(CN2CCN(S(=O)(=O)c3ccccc3)CC2)c1. The first-order valence-electron chi connectivity index (χ1n) is 11.8. The summed E-state index contributed by atoms with van der Waals surface area (Å²) < 4.78 is 32.3. The second kappa shape index (κ2) is 11.5. The summed E-state index contributed by atoms with van der Waals surface area (Å²) in [5, 5.41) is 2.81. The third kappa shape index (κ3) is 5.99.